The van der Waals surface area contributed by atoms with Crippen LogP contribution in [0.4, 0.5) is 5.82 Å². The number of imidazole rings is 1. The lowest BCUT2D eigenvalue weighted by Gasteiger charge is -2.05. The molecule has 0 aromatic carbocycles. The van der Waals surface area contributed by atoms with Gasteiger partial charge in [0.15, 0.2) is 0 Å². The van der Waals surface area contributed by atoms with E-state index in [1.165, 1.54) is 11.2 Å². The van der Waals surface area contributed by atoms with Gasteiger partial charge in [-0.3, -0.25) is 4.79 Å². The van der Waals surface area contributed by atoms with Crippen LogP contribution in [0, 0.1) is 5.39 Å². The maximum Gasteiger partial charge on any atom is 0.495 e. The predicted molar refractivity (Wildman–Crippen MR) is 41.3 cm³/mol. The number of amides is 1. The first-order chi connectivity index (χ1) is 5.66. The molecule has 1 heterocycles. The van der Waals surface area contributed by atoms with Crippen LogP contribution in [0.1, 0.15) is 10.5 Å². The highest BCUT2D eigenvalue weighted by molar-refractivity contribution is 5.96. The fourth-order valence-corrected chi connectivity index (χ4v) is 0.744. The number of H-pyrrole nitrogens is 1. The van der Waals surface area contributed by atoms with Crippen LogP contribution in [0.5, 0.6) is 0 Å². The fourth-order valence-electron chi connectivity index (χ4n) is 0.744. The molecule has 62 valence electrons. The van der Waals surface area contributed by atoms with Gasteiger partial charge in [-0.25, -0.2) is 0 Å². The van der Waals surface area contributed by atoms with Crippen molar-refractivity contribution in [1.29, 1.82) is 5.39 Å². The molecule has 0 atom stereocenters. The molecule has 0 radical (unpaired) electrons. The summed E-state index contributed by atoms with van der Waals surface area (Å²) in [5.41, 5.74) is 0.183. The Kier molecular flexibility index (Phi) is 2.05. The van der Waals surface area contributed by atoms with Crippen molar-refractivity contribution in [3.8, 4) is 0 Å². The van der Waals surface area contributed by atoms with Gasteiger partial charge in [0.25, 0.3) is 5.91 Å². The number of hydrogen-bond acceptors (Lipinski definition) is 3. The van der Waals surface area contributed by atoms with Gasteiger partial charge in [-0.2, -0.15) is 0 Å². The van der Waals surface area contributed by atoms with Crippen molar-refractivity contribution in [2.75, 3.05) is 14.1 Å². The third-order valence-corrected chi connectivity index (χ3v) is 1.33. The number of nitrogens with zero attached hydrogens (tertiary/aromatic N) is 4. The molecule has 12 heavy (non-hydrogen) atoms. The minimum atomic E-state index is -0.277. The SMILES string of the molecule is CN(C)C(=O)c1[nH]cnc1[N+]#N. The molecule has 0 aliphatic carbocycles. The molecule has 0 unspecified atom stereocenters. The summed E-state index contributed by atoms with van der Waals surface area (Å²) in [6.07, 6.45) is 1.30. The standard InChI is InChI=1S/C6H7N5O/c1-11(2)6(12)4-5(10-7)9-3-8-4/h3H,1-2H3/p+1. The van der Waals surface area contributed by atoms with Crippen molar-refractivity contribution >= 4 is 11.7 Å². The second-order valence-electron chi connectivity index (χ2n) is 2.40. The molecule has 1 amide bonds. The molecule has 1 aromatic heterocycles. The molecule has 0 aliphatic rings. The van der Waals surface area contributed by atoms with Crippen LogP contribution in [0.25, 0.3) is 4.98 Å². The summed E-state index contributed by atoms with van der Waals surface area (Å²) in [7, 11) is 3.20. The smallest absolute Gasteiger partial charge is 0.343 e. The Morgan fingerprint density at radius 3 is 2.92 bits per heavy atom. The average molecular weight is 166 g/mol. The van der Waals surface area contributed by atoms with Gasteiger partial charge in [-0.1, -0.05) is 0 Å². The molecule has 1 rings (SSSR count). The van der Waals surface area contributed by atoms with E-state index in [2.05, 4.69) is 14.9 Å². The van der Waals surface area contributed by atoms with Crippen molar-refractivity contribution in [3.63, 3.8) is 0 Å². The Labute approximate surface area is 68.8 Å². The maximum atomic E-state index is 11.3. The largest absolute Gasteiger partial charge is 0.495 e. The molecule has 0 spiro atoms. The molecule has 0 bridgehead atoms. The van der Waals surface area contributed by atoms with Crippen LogP contribution in [-0.4, -0.2) is 34.9 Å². The molecule has 6 heteroatoms. The number of aromatic nitrogens is 2. The number of rotatable bonds is 1. The van der Waals surface area contributed by atoms with E-state index < -0.39 is 0 Å². The third kappa shape index (κ3) is 1.25. The fraction of sp³-hybridized carbons (Fsp3) is 0.333. The molecular formula is C6H8N5O+. The van der Waals surface area contributed by atoms with E-state index in [-0.39, 0.29) is 17.4 Å². The van der Waals surface area contributed by atoms with Crippen LogP contribution in [0.3, 0.4) is 0 Å². The van der Waals surface area contributed by atoms with Gasteiger partial charge in [0.2, 0.25) is 12.0 Å². The molecule has 1 aromatic rings. The van der Waals surface area contributed by atoms with Crippen molar-refractivity contribution in [1.82, 2.24) is 14.9 Å². The van der Waals surface area contributed by atoms with E-state index in [0.29, 0.717) is 0 Å². The van der Waals surface area contributed by atoms with Gasteiger partial charge in [0.05, 0.1) is 5.39 Å². The molecule has 6 nitrogen and oxygen atoms in total. The highest BCUT2D eigenvalue weighted by atomic mass is 16.2. The zero-order chi connectivity index (χ0) is 9.14. The Morgan fingerprint density at radius 1 is 1.75 bits per heavy atom. The Morgan fingerprint density at radius 2 is 2.42 bits per heavy atom. The second kappa shape index (κ2) is 3.00. The van der Waals surface area contributed by atoms with E-state index in [0.717, 1.165) is 0 Å². The van der Waals surface area contributed by atoms with Crippen molar-refractivity contribution in [2.45, 2.75) is 0 Å². The van der Waals surface area contributed by atoms with Gasteiger partial charge in [0, 0.05) is 19.1 Å². The minimum Gasteiger partial charge on any atom is -0.343 e. The average Bonchev–Trinajstić information content (AvgIpc) is 2.49. The Balaban J connectivity index is 3.04. The number of carbonyl (C=O) groups excluding carboxylic acids is 1. The van der Waals surface area contributed by atoms with E-state index >= 15 is 0 Å². The van der Waals surface area contributed by atoms with Crippen LogP contribution in [-0.2, 0) is 0 Å². The Hall–Kier alpha value is -1.90. The van der Waals surface area contributed by atoms with E-state index in [1.807, 2.05) is 0 Å². The summed E-state index contributed by atoms with van der Waals surface area (Å²) in [6.45, 7) is 0. The first kappa shape index (κ1) is 8.20. The van der Waals surface area contributed by atoms with Crippen molar-refractivity contribution < 1.29 is 4.79 Å². The molecule has 0 fully saturated rings. The lowest BCUT2D eigenvalue weighted by atomic mass is 10.4. The number of aromatic amines is 1. The maximum absolute atomic E-state index is 11.3. The molecule has 0 saturated carbocycles. The van der Waals surface area contributed by atoms with Crippen LogP contribution < -0.4 is 0 Å². The number of nitrogens with one attached hydrogen (secondary N) is 1. The van der Waals surface area contributed by atoms with Gasteiger partial charge in [-0.15, -0.1) is 0 Å². The third-order valence-electron chi connectivity index (χ3n) is 1.33. The normalized spacial score (nSPS) is 9.08. The van der Waals surface area contributed by atoms with Crippen LogP contribution in [0.15, 0.2) is 6.33 Å². The van der Waals surface area contributed by atoms with E-state index in [1.54, 1.807) is 14.1 Å². The molecule has 1 N–H and O–H groups in total. The highest BCUT2D eigenvalue weighted by Gasteiger charge is 2.24. The number of carbonyl (C=O) groups is 1. The summed E-state index contributed by atoms with van der Waals surface area (Å²) < 4.78 is 0. The monoisotopic (exact) mass is 166 g/mol. The van der Waals surface area contributed by atoms with Crippen molar-refractivity contribution in [2.24, 2.45) is 0 Å². The van der Waals surface area contributed by atoms with Crippen LogP contribution in [0.2, 0.25) is 0 Å². The summed E-state index contributed by atoms with van der Waals surface area (Å²) in [6, 6.07) is 0. The Bertz CT molecular complexity index is 334. The predicted octanol–water partition coefficient (Wildman–Crippen LogP) is 0.596. The summed E-state index contributed by atoms with van der Waals surface area (Å²) in [5, 5.41) is 8.41. The topological polar surface area (TPSA) is 77.1 Å². The zero-order valence-electron chi connectivity index (χ0n) is 6.77. The van der Waals surface area contributed by atoms with Gasteiger partial charge in [-0.05, 0) is 4.98 Å². The van der Waals surface area contributed by atoms with Crippen LogP contribution >= 0.6 is 0 Å². The van der Waals surface area contributed by atoms with Gasteiger partial charge < -0.3 is 9.88 Å². The minimum absolute atomic E-state index is 0.00806. The van der Waals surface area contributed by atoms with E-state index in [9.17, 15) is 4.79 Å². The summed E-state index contributed by atoms with van der Waals surface area (Å²) in [4.78, 5) is 21.7. The number of diazo groups is 1. The molecule has 0 aliphatic heterocycles. The highest BCUT2D eigenvalue weighted by Crippen LogP contribution is 2.13. The summed E-state index contributed by atoms with van der Waals surface area (Å²) >= 11 is 0. The first-order valence-corrected chi connectivity index (χ1v) is 3.27. The van der Waals surface area contributed by atoms with Gasteiger partial charge >= 0.3 is 5.82 Å². The summed E-state index contributed by atoms with van der Waals surface area (Å²) in [5.74, 6) is -0.269. The van der Waals surface area contributed by atoms with Crippen molar-refractivity contribution in [3.05, 3.63) is 17.0 Å². The first-order valence-electron chi connectivity index (χ1n) is 3.27. The lowest BCUT2D eigenvalue weighted by molar-refractivity contribution is 0.0823. The van der Waals surface area contributed by atoms with E-state index in [4.69, 9.17) is 5.39 Å². The van der Waals surface area contributed by atoms with Gasteiger partial charge in [0.1, 0.15) is 0 Å². The zero-order valence-corrected chi connectivity index (χ0v) is 6.77. The quantitative estimate of drug-likeness (QED) is 0.620. The number of hydrogen-bond donors (Lipinski definition) is 1. The molecular weight excluding hydrogens is 158 g/mol. The lowest BCUT2D eigenvalue weighted by Crippen LogP contribution is -2.21. The second-order valence-corrected chi connectivity index (χ2v) is 2.40. The molecule has 0 saturated heterocycles.